The van der Waals surface area contributed by atoms with Crippen LogP contribution in [0.2, 0.25) is 0 Å². The van der Waals surface area contributed by atoms with Gasteiger partial charge in [-0.2, -0.15) is 0 Å². The first kappa shape index (κ1) is 19.2. The van der Waals surface area contributed by atoms with Crippen molar-refractivity contribution in [1.29, 1.82) is 0 Å². The number of hydrogen-bond acceptors (Lipinski definition) is 5. The maximum Gasteiger partial charge on any atom is 0.308 e. The zero-order chi connectivity index (χ0) is 19.8. The van der Waals surface area contributed by atoms with Gasteiger partial charge in [0.1, 0.15) is 12.4 Å². The van der Waals surface area contributed by atoms with Crippen molar-refractivity contribution >= 4 is 38.4 Å². The summed E-state index contributed by atoms with van der Waals surface area (Å²) in [6.45, 7) is 1.77. The van der Waals surface area contributed by atoms with Crippen LogP contribution in [-0.4, -0.2) is 32.5 Å². The molecule has 2 N–H and O–H groups in total. The van der Waals surface area contributed by atoms with Crippen LogP contribution in [-0.2, 0) is 19.6 Å². The Kier molecular flexibility index (Phi) is 4.92. The van der Waals surface area contributed by atoms with Gasteiger partial charge in [0, 0.05) is 31.0 Å². The number of rotatable bonds is 6. The standard InChI is InChI=1S/C18H19FN2O5S/c1-11(22)20-14-3-4-16-13(7-14)8-15(9-17(16)26-12(2)23)27(24,25)21-18(10-19)5-6-18/h3-4,7-9,21H,5-6,10H2,1-2H3,(H,20,22). The molecule has 0 atom stereocenters. The van der Waals surface area contributed by atoms with Crippen molar-refractivity contribution in [2.24, 2.45) is 0 Å². The Hall–Kier alpha value is -2.52. The maximum absolute atomic E-state index is 13.1. The lowest BCUT2D eigenvalue weighted by molar-refractivity contribution is -0.131. The fourth-order valence-corrected chi connectivity index (χ4v) is 4.23. The zero-order valence-electron chi connectivity index (χ0n) is 14.8. The Morgan fingerprint density at radius 3 is 2.44 bits per heavy atom. The summed E-state index contributed by atoms with van der Waals surface area (Å²) >= 11 is 0. The summed E-state index contributed by atoms with van der Waals surface area (Å²) in [7, 11) is -4.02. The lowest BCUT2D eigenvalue weighted by Gasteiger charge is -2.16. The van der Waals surface area contributed by atoms with Crippen molar-refractivity contribution in [2.75, 3.05) is 12.0 Å². The van der Waals surface area contributed by atoms with Gasteiger partial charge < -0.3 is 10.1 Å². The lowest BCUT2D eigenvalue weighted by Crippen LogP contribution is -2.38. The van der Waals surface area contributed by atoms with Gasteiger partial charge in [0.2, 0.25) is 15.9 Å². The molecule has 7 nitrogen and oxygen atoms in total. The van der Waals surface area contributed by atoms with Crippen LogP contribution in [0.5, 0.6) is 5.75 Å². The van der Waals surface area contributed by atoms with Gasteiger partial charge in [-0.15, -0.1) is 0 Å². The van der Waals surface area contributed by atoms with Crippen molar-refractivity contribution < 1.29 is 27.1 Å². The highest BCUT2D eigenvalue weighted by Gasteiger charge is 2.46. The number of anilines is 1. The molecule has 3 rings (SSSR count). The van der Waals surface area contributed by atoms with Crippen LogP contribution >= 0.6 is 0 Å². The molecule has 0 spiro atoms. The highest BCUT2D eigenvalue weighted by atomic mass is 32.2. The normalized spacial score (nSPS) is 15.4. The SMILES string of the molecule is CC(=O)Nc1ccc2c(OC(C)=O)cc(S(=O)(=O)NC3(CF)CC3)cc2c1. The van der Waals surface area contributed by atoms with E-state index in [0.717, 1.165) is 0 Å². The highest BCUT2D eigenvalue weighted by Crippen LogP contribution is 2.38. The Labute approximate surface area is 155 Å². The Morgan fingerprint density at radius 1 is 1.19 bits per heavy atom. The molecule has 1 fully saturated rings. The Morgan fingerprint density at radius 2 is 1.89 bits per heavy atom. The van der Waals surface area contributed by atoms with E-state index in [1.165, 1.54) is 26.0 Å². The van der Waals surface area contributed by atoms with Crippen molar-refractivity contribution in [3.8, 4) is 5.75 Å². The van der Waals surface area contributed by atoms with Crippen LogP contribution in [0.25, 0.3) is 10.8 Å². The van der Waals surface area contributed by atoms with Gasteiger partial charge in [-0.25, -0.2) is 17.5 Å². The van der Waals surface area contributed by atoms with Crippen LogP contribution in [0, 0.1) is 0 Å². The van der Waals surface area contributed by atoms with Gasteiger partial charge in [-0.1, -0.05) is 0 Å². The second-order valence-electron chi connectivity index (χ2n) is 6.65. The minimum atomic E-state index is -4.02. The van der Waals surface area contributed by atoms with Crippen molar-refractivity contribution in [3.05, 3.63) is 30.3 Å². The number of alkyl halides is 1. The largest absolute Gasteiger partial charge is 0.426 e. The third kappa shape index (κ3) is 4.25. The molecule has 2 aromatic carbocycles. The van der Waals surface area contributed by atoms with E-state index < -0.39 is 28.2 Å². The van der Waals surface area contributed by atoms with Gasteiger partial charge in [-0.05, 0) is 42.5 Å². The van der Waals surface area contributed by atoms with E-state index in [4.69, 9.17) is 4.74 Å². The van der Waals surface area contributed by atoms with Gasteiger partial charge >= 0.3 is 5.97 Å². The average molecular weight is 394 g/mol. The summed E-state index contributed by atoms with van der Waals surface area (Å²) < 4.78 is 46.1. The molecule has 0 saturated heterocycles. The second-order valence-corrected chi connectivity index (χ2v) is 8.33. The second kappa shape index (κ2) is 6.90. The van der Waals surface area contributed by atoms with Crippen molar-refractivity contribution in [1.82, 2.24) is 4.72 Å². The number of nitrogens with one attached hydrogen (secondary N) is 2. The number of ether oxygens (including phenoxy) is 1. The number of carbonyl (C=O) groups is 2. The molecule has 9 heteroatoms. The molecule has 0 unspecified atom stereocenters. The maximum atomic E-state index is 13.1. The van der Waals surface area contributed by atoms with E-state index in [-0.39, 0.29) is 16.6 Å². The number of hydrogen-bond donors (Lipinski definition) is 2. The highest BCUT2D eigenvalue weighted by molar-refractivity contribution is 7.89. The lowest BCUT2D eigenvalue weighted by atomic mass is 10.1. The minimum absolute atomic E-state index is 0.0693. The topological polar surface area (TPSA) is 102 Å². The first-order chi connectivity index (χ1) is 12.6. The number of sulfonamides is 1. The van der Waals surface area contributed by atoms with E-state index in [9.17, 15) is 22.4 Å². The molecule has 144 valence electrons. The molecule has 1 saturated carbocycles. The summed E-state index contributed by atoms with van der Waals surface area (Å²) in [4.78, 5) is 22.5. The van der Waals surface area contributed by atoms with Crippen LogP contribution in [0.15, 0.2) is 35.2 Å². The smallest absolute Gasteiger partial charge is 0.308 e. The van der Waals surface area contributed by atoms with E-state index in [1.54, 1.807) is 18.2 Å². The summed E-state index contributed by atoms with van der Waals surface area (Å²) in [6.07, 6.45) is 0.861. The third-order valence-corrected chi connectivity index (χ3v) is 5.79. The van der Waals surface area contributed by atoms with E-state index in [0.29, 0.717) is 29.3 Å². The molecule has 1 aliphatic rings. The monoisotopic (exact) mass is 394 g/mol. The van der Waals surface area contributed by atoms with Gasteiger partial charge in [-0.3, -0.25) is 9.59 Å². The number of halogens is 1. The van der Waals surface area contributed by atoms with Crippen LogP contribution < -0.4 is 14.8 Å². The predicted molar refractivity (Wildman–Crippen MR) is 97.8 cm³/mol. The molecule has 0 aliphatic heterocycles. The zero-order valence-corrected chi connectivity index (χ0v) is 15.7. The molecule has 1 amide bonds. The molecular weight excluding hydrogens is 375 g/mol. The van der Waals surface area contributed by atoms with Crippen LogP contribution in [0.3, 0.4) is 0 Å². The van der Waals surface area contributed by atoms with E-state index in [2.05, 4.69) is 10.0 Å². The van der Waals surface area contributed by atoms with Crippen LogP contribution in [0.1, 0.15) is 26.7 Å². The minimum Gasteiger partial charge on any atom is -0.426 e. The third-order valence-electron chi connectivity index (χ3n) is 4.23. The number of fused-ring (bicyclic) bond motifs is 1. The van der Waals surface area contributed by atoms with Crippen molar-refractivity contribution in [3.63, 3.8) is 0 Å². The fourth-order valence-electron chi connectivity index (χ4n) is 2.74. The van der Waals surface area contributed by atoms with Crippen LogP contribution in [0.4, 0.5) is 10.1 Å². The predicted octanol–water partition coefficient (Wildman–Crippen LogP) is 2.50. The summed E-state index contributed by atoms with van der Waals surface area (Å²) in [5.74, 6) is -0.814. The number of amides is 1. The molecule has 27 heavy (non-hydrogen) atoms. The Bertz CT molecular complexity index is 1030. The van der Waals surface area contributed by atoms with E-state index >= 15 is 0 Å². The quantitative estimate of drug-likeness (QED) is 0.579. The van der Waals surface area contributed by atoms with Gasteiger partial charge in [0.15, 0.2) is 0 Å². The van der Waals surface area contributed by atoms with Gasteiger partial charge in [0.05, 0.1) is 10.4 Å². The summed E-state index contributed by atoms with van der Waals surface area (Å²) in [5, 5.41) is 3.57. The average Bonchev–Trinajstić information content (AvgIpc) is 3.32. The first-order valence-corrected chi connectivity index (χ1v) is 9.76. The molecule has 0 aromatic heterocycles. The van der Waals surface area contributed by atoms with E-state index in [1.807, 2.05) is 0 Å². The fraction of sp³-hybridized carbons (Fsp3) is 0.333. The van der Waals surface area contributed by atoms with Crippen molar-refractivity contribution in [2.45, 2.75) is 37.1 Å². The Balaban J connectivity index is 2.11. The molecule has 2 aromatic rings. The summed E-state index contributed by atoms with van der Waals surface area (Å²) in [5.41, 5.74) is -0.582. The molecule has 0 bridgehead atoms. The van der Waals surface area contributed by atoms with Gasteiger partial charge in [0.25, 0.3) is 0 Å². The molecule has 1 aliphatic carbocycles. The molecule has 0 heterocycles. The number of benzene rings is 2. The number of carbonyl (C=O) groups excluding carboxylic acids is 2. The molecular formula is C18H19FN2O5S. The number of esters is 1. The summed E-state index contributed by atoms with van der Waals surface area (Å²) in [6, 6.07) is 7.44. The first-order valence-electron chi connectivity index (χ1n) is 8.28. The molecule has 0 radical (unpaired) electrons.